The molecular weight excluding hydrogens is 304 g/mol. The van der Waals surface area contributed by atoms with E-state index in [1.165, 1.54) is 10.6 Å². The van der Waals surface area contributed by atoms with Gasteiger partial charge in [-0.2, -0.15) is 0 Å². The highest BCUT2D eigenvalue weighted by molar-refractivity contribution is 9.10. The molecule has 1 aliphatic heterocycles. The molecule has 0 bridgehead atoms. The number of halogens is 1. The summed E-state index contributed by atoms with van der Waals surface area (Å²) in [5.41, 5.74) is 0. The smallest absolute Gasteiger partial charge is 0.157 e. The Labute approximate surface area is 113 Å². The second-order valence-corrected chi connectivity index (χ2v) is 6.99. The monoisotopic (exact) mass is 318 g/mol. The van der Waals surface area contributed by atoms with Gasteiger partial charge in [-0.05, 0) is 34.8 Å². The number of hydrogen-bond acceptors (Lipinski definition) is 3. The molecule has 88 valence electrons. The van der Waals surface area contributed by atoms with E-state index in [4.69, 9.17) is 0 Å². The Morgan fingerprint density at radius 2 is 2.38 bits per heavy atom. The van der Waals surface area contributed by atoms with Gasteiger partial charge < -0.3 is 5.32 Å². The molecular formula is C11H15BrN2S2. The minimum atomic E-state index is 0.537. The van der Waals surface area contributed by atoms with Crippen LogP contribution in [-0.2, 0) is 6.54 Å². The molecule has 0 amide bonds. The van der Waals surface area contributed by atoms with Crippen molar-refractivity contribution in [3.05, 3.63) is 20.8 Å². The molecule has 1 aromatic rings. The molecule has 5 heteroatoms. The molecule has 2 nitrogen and oxygen atoms in total. The average molecular weight is 319 g/mol. The fourth-order valence-electron chi connectivity index (χ4n) is 1.41. The van der Waals surface area contributed by atoms with Gasteiger partial charge in [0.25, 0.3) is 0 Å². The minimum Gasteiger partial charge on any atom is -0.362 e. The van der Waals surface area contributed by atoms with E-state index in [0.717, 1.165) is 22.1 Å². The van der Waals surface area contributed by atoms with Gasteiger partial charge in [0.05, 0.1) is 6.54 Å². The van der Waals surface area contributed by atoms with E-state index < -0.39 is 0 Å². The van der Waals surface area contributed by atoms with E-state index in [1.807, 2.05) is 11.8 Å². The van der Waals surface area contributed by atoms with Crippen molar-refractivity contribution in [2.24, 2.45) is 10.9 Å². The van der Waals surface area contributed by atoms with Crippen LogP contribution in [0.2, 0.25) is 0 Å². The zero-order chi connectivity index (χ0) is 11.5. The number of hydrogen-bond donors (Lipinski definition) is 1. The van der Waals surface area contributed by atoms with Gasteiger partial charge in [-0.1, -0.05) is 18.7 Å². The number of thioether (sulfide) groups is 1. The van der Waals surface area contributed by atoms with Crippen LogP contribution in [0.5, 0.6) is 0 Å². The van der Waals surface area contributed by atoms with E-state index >= 15 is 0 Å². The Morgan fingerprint density at radius 1 is 1.56 bits per heavy atom. The molecule has 0 aliphatic carbocycles. The number of nitrogens with zero attached hydrogens (tertiary/aromatic N) is 1. The van der Waals surface area contributed by atoms with Crippen molar-refractivity contribution >= 4 is 44.2 Å². The second kappa shape index (κ2) is 5.56. The van der Waals surface area contributed by atoms with Crippen molar-refractivity contribution in [3.8, 4) is 0 Å². The van der Waals surface area contributed by atoms with Gasteiger partial charge in [0.1, 0.15) is 0 Å². The summed E-state index contributed by atoms with van der Waals surface area (Å²) in [7, 11) is 0. The van der Waals surface area contributed by atoms with E-state index in [9.17, 15) is 0 Å². The summed E-state index contributed by atoms with van der Waals surface area (Å²) in [6.45, 7) is 5.28. The quantitative estimate of drug-likeness (QED) is 0.898. The van der Waals surface area contributed by atoms with Crippen LogP contribution in [0.4, 0.5) is 0 Å². The van der Waals surface area contributed by atoms with Crippen LogP contribution < -0.4 is 5.32 Å². The first-order valence-electron chi connectivity index (χ1n) is 5.32. The Kier molecular flexibility index (Phi) is 4.33. The first-order valence-corrected chi connectivity index (χ1v) is 7.97. The number of thiophene rings is 1. The summed E-state index contributed by atoms with van der Waals surface area (Å²) < 4.78 is 1.15. The SMILES string of the molecule is CC1CSC(=NCc2cc(Br)cs2)NC1C. The predicted molar refractivity (Wildman–Crippen MR) is 77.4 cm³/mol. The van der Waals surface area contributed by atoms with Gasteiger partial charge >= 0.3 is 0 Å². The topological polar surface area (TPSA) is 24.4 Å². The van der Waals surface area contributed by atoms with E-state index in [0.29, 0.717) is 6.04 Å². The van der Waals surface area contributed by atoms with Gasteiger partial charge in [-0.15, -0.1) is 11.3 Å². The highest BCUT2D eigenvalue weighted by Gasteiger charge is 2.20. The van der Waals surface area contributed by atoms with Gasteiger partial charge in [-0.3, -0.25) is 4.99 Å². The van der Waals surface area contributed by atoms with Gasteiger partial charge in [0, 0.05) is 26.5 Å². The first kappa shape index (κ1) is 12.5. The molecule has 0 saturated carbocycles. The van der Waals surface area contributed by atoms with Gasteiger partial charge in [0.2, 0.25) is 0 Å². The Hall–Kier alpha value is -0.0000000000000000833. The number of rotatable bonds is 2. The maximum Gasteiger partial charge on any atom is 0.157 e. The van der Waals surface area contributed by atoms with E-state index in [1.54, 1.807) is 11.3 Å². The third-order valence-corrected chi connectivity index (χ3v) is 5.58. The maximum atomic E-state index is 4.61. The lowest BCUT2D eigenvalue weighted by atomic mass is 10.1. The van der Waals surface area contributed by atoms with Crippen molar-refractivity contribution in [1.82, 2.24) is 5.32 Å². The molecule has 2 rings (SSSR count). The summed E-state index contributed by atoms with van der Waals surface area (Å²) in [6, 6.07) is 2.67. The second-order valence-electron chi connectivity index (χ2n) is 4.07. The lowest BCUT2D eigenvalue weighted by Gasteiger charge is -2.28. The molecule has 1 fully saturated rings. The average Bonchev–Trinajstić information content (AvgIpc) is 2.66. The zero-order valence-corrected chi connectivity index (χ0v) is 12.6. The summed E-state index contributed by atoms with van der Waals surface area (Å²) in [6.07, 6.45) is 0. The highest BCUT2D eigenvalue weighted by Crippen LogP contribution is 2.22. The Balaban J connectivity index is 1.93. The third kappa shape index (κ3) is 3.25. The fraction of sp³-hybridized carbons (Fsp3) is 0.545. The fourth-order valence-corrected chi connectivity index (χ4v) is 3.92. The van der Waals surface area contributed by atoms with Crippen LogP contribution >= 0.6 is 39.0 Å². The molecule has 1 aromatic heterocycles. The largest absolute Gasteiger partial charge is 0.362 e. The van der Waals surface area contributed by atoms with Crippen molar-refractivity contribution in [2.45, 2.75) is 26.4 Å². The molecule has 0 radical (unpaired) electrons. The van der Waals surface area contributed by atoms with E-state index in [-0.39, 0.29) is 0 Å². The number of nitrogens with one attached hydrogen (secondary N) is 1. The summed E-state index contributed by atoms with van der Waals surface area (Å²) in [5, 5.41) is 6.64. The van der Waals surface area contributed by atoms with Crippen LogP contribution in [-0.4, -0.2) is 17.0 Å². The van der Waals surface area contributed by atoms with Crippen LogP contribution in [0, 0.1) is 5.92 Å². The molecule has 0 spiro atoms. The number of aliphatic imine (C=N–C) groups is 1. The highest BCUT2D eigenvalue weighted by atomic mass is 79.9. The van der Waals surface area contributed by atoms with Gasteiger partial charge in [-0.25, -0.2) is 0 Å². The first-order chi connectivity index (χ1) is 7.65. The van der Waals surface area contributed by atoms with Crippen LogP contribution in [0.15, 0.2) is 20.9 Å². The molecule has 2 atom stereocenters. The van der Waals surface area contributed by atoms with E-state index in [2.05, 4.69) is 51.5 Å². The normalized spacial score (nSPS) is 28.1. The third-order valence-electron chi connectivity index (χ3n) is 2.69. The van der Waals surface area contributed by atoms with Crippen LogP contribution in [0.1, 0.15) is 18.7 Å². The molecule has 16 heavy (non-hydrogen) atoms. The standard InChI is InChI=1S/C11H15BrN2S2/c1-7-5-16-11(14-8(7)2)13-4-10-3-9(12)6-15-10/h3,6-8H,4-5H2,1-2H3,(H,13,14). The lowest BCUT2D eigenvalue weighted by molar-refractivity contribution is 0.490. The van der Waals surface area contributed by atoms with Gasteiger partial charge in [0.15, 0.2) is 5.17 Å². The predicted octanol–water partition coefficient (Wildman–Crippen LogP) is 3.73. The molecule has 0 aromatic carbocycles. The molecule has 2 heterocycles. The summed E-state index contributed by atoms with van der Waals surface area (Å²) in [4.78, 5) is 5.91. The van der Waals surface area contributed by atoms with Crippen molar-refractivity contribution in [3.63, 3.8) is 0 Å². The zero-order valence-electron chi connectivity index (χ0n) is 9.37. The Bertz CT molecular complexity index is 389. The van der Waals surface area contributed by atoms with Crippen molar-refractivity contribution < 1.29 is 0 Å². The van der Waals surface area contributed by atoms with Crippen LogP contribution in [0.25, 0.3) is 0 Å². The molecule has 1 saturated heterocycles. The molecule has 1 aliphatic rings. The van der Waals surface area contributed by atoms with Crippen LogP contribution in [0.3, 0.4) is 0 Å². The molecule has 2 unspecified atom stereocenters. The molecule has 1 N–H and O–H groups in total. The van der Waals surface area contributed by atoms with Crippen molar-refractivity contribution in [1.29, 1.82) is 0 Å². The van der Waals surface area contributed by atoms with Crippen molar-refractivity contribution in [2.75, 3.05) is 5.75 Å². The lowest BCUT2D eigenvalue weighted by Crippen LogP contribution is -2.41. The summed E-state index contributed by atoms with van der Waals surface area (Å²) in [5.74, 6) is 1.89. The minimum absolute atomic E-state index is 0.537. The summed E-state index contributed by atoms with van der Waals surface area (Å²) >= 11 is 7.04. The Morgan fingerprint density at radius 3 is 3.00 bits per heavy atom. The number of amidine groups is 1. The maximum absolute atomic E-state index is 4.61.